The van der Waals surface area contributed by atoms with Gasteiger partial charge in [-0.1, -0.05) is 6.92 Å². The highest BCUT2D eigenvalue weighted by Crippen LogP contribution is 2.22. The zero-order valence-corrected chi connectivity index (χ0v) is 10.0. The van der Waals surface area contributed by atoms with Crippen molar-refractivity contribution in [2.45, 2.75) is 32.7 Å². The molecule has 0 heterocycles. The molecule has 0 aromatic heterocycles. The molecule has 0 saturated heterocycles. The minimum absolute atomic E-state index is 0.0172. The Kier molecular flexibility index (Phi) is 4.58. The maximum atomic E-state index is 11.9. The molecule has 0 unspecified atom stereocenters. The largest absolute Gasteiger partial charge is 0.573 e. The lowest BCUT2D eigenvalue weighted by atomic mass is 10.2. The van der Waals surface area contributed by atoms with Gasteiger partial charge in [0.2, 0.25) is 0 Å². The van der Waals surface area contributed by atoms with Crippen LogP contribution in [0.3, 0.4) is 0 Å². The summed E-state index contributed by atoms with van der Waals surface area (Å²) >= 11 is 0. The van der Waals surface area contributed by atoms with E-state index in [0.717, 1.165) is 18.6 Å². The summed E-state index contributed by atoms with van der Waals surface area (Å²) in [7, 11) is 0. The third kappa shape index (κ3) is 4.65. The topological polar surface area (TPSA) is 38.3 Å². The van der Waals surface area contributed by atoms with Crippen molar-refractivity contribution in [1.82, 2.24) is 5.32 Å². The van der Waals surface area contributed by atoms with E-state index in [4.69, 9.17) is 0 Å². The molecule has 0 aliphatic carbocycles. The fraction of sp³-hybridized carbons (Fsp3) is 0.417. The van der Waals surface area contributed by atoms with Gasteiger partial charge < -0.3 is 10.1 Å². The minimum atomic E-state index is -4.72. The van der Waals surface area contributed by atoms with Crippen LogP contribution in [0, 0.1) is 0 Å². The van der Waals surface area contributed by atoms with Gasteiger partial charge in [0.15, 0.2) is 0 Å². The molecule has 1 atom stereocenters. The van der Waals surface area contributed by atoms with Gasteiger partial charge in [-0.25, -0.2) is 0 Å². The number of hydrogen-bond acceptors (Lipinski definition) is 2. The zero-order valence-electron chi connectivity index (χ0n) is 10.0. The molecule has 0 fully saturated rings. The molecule has 1 aromatic rings. The van der Waals surface area contributed by atoms with Crippen molar-refractivity contribution in [3.8, 4) is 5.75 Å². The second-order valence-electron chi connectivity index (χ2n) is 3.85. The van der Waals surface area contributed by atoms with E-state index in [2.05, 4.69) is 10.1 Å². The lowest BCUT2D eigenvalue weighted by molar-refractivity contribution is -0.274. The second kappa shape index (κ2) is 5.75. The highest BCUT2D eigenvalue weighted by molar-refractivity contribution is 5.94. The maximum absolute atomic E-state index is 11.9. The molecule has 1 amide bonds. The Balaban J connectivity index is 2.68. The highest BCUT2D eigenvalue weighted by atomic mass is 19.4. The maximum Gasteiger partial charge on any atom is 0.573 e. The highest BCUT2D eigenvalue weighted by Gasteiger charge is 2.31. The van der Waals surface area contributed by atoms with E-state index < -0.39 is 6.36 Å². The van der Waals surface area contributed by atoms with E-state index in [1.807, 2.05) is 13.8 Å². The van der Waals surface area contributed by atoms with Crippen LogP contribution in [0.25, 0.3) is 0 Å². The molecule has 1 aromatic carbocycles. The summed E-state index contributed by atoms with van der Waals surface area (Å²) in [6, 6.07) is 4.82. The van der Waals surface area contributed by atoms with Gasteiger partial charge in [-0.2, -0.15) is 0 Å². The fourth-order valence-electron chi connectivity index (χ4n) is 1.22. The van der Waals surface area contributed by atoms with Crippen molar-refractivity contribution in [2.24, 2.45) is 0 Å². The van der Waals surface area contributed by atoms with Crippen LogP contribution in [0.15, 0.2) is 24.3 Å². The standard InChI is InChI=1S/C12H14F3NO2/c1-3-8(2)16-11(17)9-4-6-10(7-5-9)18-12(13,14)15/h4-8H,3H2,1-2H3,(H,16,17)/t8-/m0/s1. The number of benzene rings is 1. The fourth-order valence-corrected chi connectivity index (χ4v) is 1.22. The van der Waals surface area contributed by atoms with E-state index in [9.17, 15) is 18.0 Å². The van der Waals surface area contributed by atoms with Crippen molar-refractivity contribution in [1.29, 1.82) is 0 Å². The molecule has 1 N–H and O–H groups in total. The number of halogens is 3. The normalized spacial score (nSPS) is 12.9. The number of carbonyl (C=O) groups is 1. The van der Waals surface area contributed by atoms with Crippen LogP contribution in [0.1, 0.15) is 30.6 Å². The minimum Gasteiger partial charge on any atom is -0.406 e. The van der Waals surface area contributed by atoms with E-state index in [1.165, 1.54) is 12.1 Å². The van der Waals surface area contributed by atoms with Gasteiger partial charge in [-0.05, 0) is 37.6 Å². The lowest BCUT2D eigenvalue weighted by Gasteiger charge is -2.12. The van der Waals surface area contributed by atoms with Gasteiger partial charge in [0.1, 0.15) is 5.75 Å². The van der Waals surface area contributed by atoms with Crippen LogP contribution in [0.5, 0.6) is 5.75 Å². The average Bonchev–Trinajstić information content (AvgIpc) is 2.27. The van der Waals surface area contributed by atoms with E-state index >= 15 is 0 Å². The molecule has 3 nitrogen and oxygen atoms in total. The molecule has 0 saturated carbocycles. The molecular weight excluding hydrogens is 247 g/mol. The number of hydrogen-bond donors (Lipinski definition) is 1. The molecule has 18 heavy (non-hydrogen) atoms. The summed E-state index contributed by atoms with van der Waals surface area (Å²) < 4.78 is 39.5. The van der Waals surface area contributed by atoms with Gasteiger partial charge in [-0.15, -0.1) is 13.2 Å². The van der Waals surface area contributed by atoms with E-state index in [1.54, 1.807) is 0 Å². The average molecular weight is 261 g/mol. The predicted molar refractivity (Wildman–Crippen MR) is 60.3 cm³/mol. The molecule has 100 valence electrons. The molecule has 1 rings (SSSR count). The van der Waals surface area contributed by atoms with Gasteiger partial charge in [-0.3, -0.25) is 4.79 Å². The first kappa shape index (κ1) is 14.3. The monoisotopic (exact) mass is 261 g/mol. The summed E-state index contributed by atoms with van der Waals surface area (Å²) in [4.78, 5) is 11.6. The summed E-state index contributed by atoms with van der Waals surface area (Å²) in [5.41, 5.74) is 0.296. The predicted octanol–water partition coefficient (Wildman–Crippen LogP) is 3.11. The van der Waals surface area contributed by atoms with Crippen LogP contribution in [-0.4, -0.2) is 18.3 Å². The number of amides is 1. The Bertz CT molecular complexity index is 401. The van der Waals surface area contributed by atoms with Crippen molar-refractivity contribution in [3.63, 3.8) is 0 Å². The van der Waals surface area contributed by atoms with Gasteiger partial charge in [0, 0.05) is 11.6 Å². The van der Waals surface area contributed by atoms with E-state index in [0.29, 0.717) is 5.56 Å². The summed E-state index contributed by atoms with van der Waals surface area (Å²) in [6.07, 6.45) is -3.94. The van der Waals surface area contributed by atoms with E-state index in [-0.39, 0.29) is 17.7 Å². The Morgan fingerprint density at radius 1 is 1.33 bits per heavy atom. The summed E-state index contributed by atoms with van der Waals surface area (Å²) in [5.74, 6) is -0.662. The van der Waals surface area contributed by atoms with Crippen LogP contribution in [0.4, 0.5) is 13.2 Å². The van der Waals surface area contributed by atoms with Gasteiger partial charge in [0.05, 0.1) is 0 Å². The lowest BCUT2D eigenvalue weighted by Crippen LogP contribution is -2.31. The first-order valence-electron chi connectivity index (χ1n) is 5.48. The third-order valence-electron chi connectivity index (χ3n) is 2.34. The van der Waals surface area contributed by atoms with Crippen LogP contribution < -0.4 is 10.1 Å². The number of alkyl halides is 3. The van der Waals surface area contributed by atoms with Crippen molar-refractivity contribution < 1.29 is 22.7 Å². The Morgan fingerprint density at radius 2 is 1.89 bits per heavy atom. The quantitative estimate of drug-likeness (QED) is 0.904. The Labute approximate surface area is 103 Å². The second-order valence-corrected chi connectivity index (χ2v) is 3.85. The molecule has 0 aliphatic rings. The van der Waals surface area contributed by atoms with Crippen molar-refractivity contribution in [2.75, 3.05) is 0 Å². The van der Waals surface area contributed by atoms with Crippen LogP contribution >= 0.6 is 0 Å². The molecular formula is C12H14F3NO2. The van der Waals surface area contributed by atoms with Gasteiger partial charge in [0.25, 0.3) is 5.91 Å². The molecule has 0 radical (unpaired) electrons. The summed E-state index contributed by atoms with van der Waals surface area (Å²) in [6.45, 7) is 3.77. The smallest absolute Gasteiger partial charge is 0.406 e. The van der Waals surface area contributed by atoms with Crippen LogP contribution in [-0.2, 0) is 0 Å². The molecule has 0 spiro atoms. The Morgan fingerprint density at radius 3 is 2.33 bits per heavy atom. The number of rotatable bonds is 4. The molecule has 0 aliphatic heterocycles. The number of nitrogens with one attached hydrogen (secondary N) is 1. The van der Waals surface area contributed by atoms with Crippen molar-refractivity contribution >= 4 is 5.91 Å². The van der Waals surface area contributed by atoms with Gasteiger partial charge >= 0.3 is 6.36 Å². The Hall–Kier alpha value is -1.72. The number of ether oxygens (including phenoxy) is 1. The first-order chi connectivity index (χ1) is 8.31. The third-order valence-corrected chi connectivity index (χ3v) is 2.34. The first-order valence-corrected chi connectivity index (χ1v) is 5.48. The molecule has 0 bridgehead atoms. The SMILES string of the molecule is CC[C@H](C)NC(=O)c1ccc(OC(F)(F)F)cc1. The van der Waals surface area contributed by atoms with Crippen molar-refractivity contribution in [3.05, 3.63) is 29.8 Å². The number of carbonyl (C=O) groups excluding carboxylic acids is 1. The zero-order chi connectivity index (χ0) is 13.8. The summed E-state index contributed by atoms with van der Waals surface area (Å²) in [5, 5.41) is 2.71. The molecule has 6 heteroatoms. The van der Waals surface area contributed by atoms with Crippen LogP contribution in [0.2, 0.25) is 0 Å².